The minimum Gasteiger partial charge on any atom is -0.354 e. The van der Waals surface area contributed by atoms with Crippen molar-refractivity contribution in [1.82, 2.24) is 16.0 Å². The van der Waals surface area contributed by atoms with Gasteiger partial charge in [0.05, 0.1) is 0 Å². The lowest BCUT2D eigenvalue weighted by Gasteiger charge is -2.18. The zero-order chi connectivity index (χ0) is 18.7. The first-order valence-corrected chi connectivity index (χ1v) is 9.30. The van der Waals surface area contributed by atoms with Crippen LogP contribution in [0.5, 0.6) is 0 Å². The molecule has 1 aromatic rings. The highest BCUT2D eigenvalue weighted by Gasteiger charge is 2.07. The molecule has 0 bridgehead atoms. The van der Waals surface area contributed by atoms with Crippen LogP contribution in [0.2, 0.25) is 0 Å². The summed E-state index contributed by atoms with van der Waals surface area (Å²) in [6, 6.07) is 8.04. The molecule has 0 fully saturated rings. The van der Waals surface area contributed by atoms with Gasteiger partial charge in [0.25, 0.3) is 5.91 Å². The first-order valence-electron chi connectivity index (χ1n) is 9.30. The summed E-state index contributed by atoms with van der Waals surface area (Å²) in [5.41, 5.74) is 1.80. The van der Waals surface area contributed by atoms with Crippen molar-refractivity contribution < 1.29 is 4.79 Å². The maximum Gasteiger partial charge on any atom is 0.251 e. The monoisotopic (exact) mass is 474 g/mol. The van der Waals surface area contributed by atoms with Gasteiger partial charge >= 0.3 is 0 Å². The Balaban J connectivity index is 0.00000625. The predicted molar refractivity (Wildman–Crippen MR) is 121 cm³/mol. The molecule has 0 aliphatic rings. The van der Waals surface area contributed by atoms with E-state index < -0.39 is 0 Å². The molecule has 6 heteroatoms. The van der Waals surface area contributed by atoms with Gasteiger partial charge in [0.2, 0.25) is 0 Å². The van der Waals surface area contributed by atoms with E-state index in [0.717, 1.165) is 23.9 Å². The minimum absolute atomic E-state index is 0. The van der Waals surface area contributed by atoms with Crippen LogP contribution in [0.4, 0.5) is 0 Å². The molecule has 0 radical (unpaired) electrons. The number of nitrogens with zero attached hydrogens (tertiary/aromatic N) is 1. The summed E-state index contributed by atoms with van der Waals surface area (Å²) in [6.07, 6.45) is 3.63. The SMILES string of the molecule is CCNC(=O)c1ccc(CNC(=NC)NC(C)CCCC(C)C)cc1.I. The zero-order valence-corrected chi connectivity index (χ0v) is 19.1. The number of aliphatic imine (C=N–C) groups is 1. The lowest BCUT2D eigenvalue weighted by molar-refractivity contribution is 0.0956. The van der Waals surface area contributed by atoms with E-state index in [1.165, 1.54) is 12.8 Å². The topological polar surface area (TPSA) is 65.5 Å². The van der Waals surface area contributed by atoms with E-state index in [-0.39, 0.29) is 29.9 Å². The summed E-state index contributed by atoms with van der Waals surface area (Å²) < 4.78 is 0. The Hall–Kier alpha value is -1.31. The van der Waals surface area contributed by atoms with Crippen LogP contribution in [0.3, 0.4) is 0 Å². The minimum atomic E-state index is -0.0327. The molecule has 1 rings (SSSR count). The van der Waals surface area contributed by atoms with Gasteiger partial charge in [-0.3, -0.25) is 9.79 Å². The van der Waals surface area contributed by atoms with Gasteiger partial charge in [0, 0.05) is 31.7 Å². The summed E-state index contributed by atoms with van der Waals surface area (Å²) in [7, 11) is 1.79. The molecule has 0 saturated carbocycles. The van der Waals surface area contributed by atoms with Gasteiger partial charge in [0.15, 0.2) is 5.96 Å². The van der Waals surface area contributed by atoms with Crippen molar-refractivity contribution in [3.05, 3.63) is 35.4 Å². The van der Waals surface area contributed by atoms with E-state index in [9.17, 15) is 4.79 Å². The number of benzene rings is 1. The van der Waals surface area contributed by atoms with Crippen molar-refractivity contribution in [1.29, 1.82) is 0 Å². The summed E-state index contributed by atoms with van der Waals surface area (Å²) >= 11 is 0. The lowest BCUT2D eigenvalue weighted by atomic mass is 10.0. The normalized spacial score (nSPS) is 12.3. The molecule has 1 unspecified atom stereocenters. The first kappa shape index (κ1) is 24.7. The van der Waals surface area contributed by atoms with Crippen LogP contribution in [0.25, 0.3) is 0 Å². The van der Waals surface area contributed by atoms with Gasteiger partial charge in [-0.05, 0) is 43.9 Å². The highest BCUT2D eigenvalue weighted by Crippen LogP contribution is 2.08. The standard InChI is InChI=1S/C20H34N4O.HI/c1-6-22-19(25)18-12-10-17(11-13-18)14-23-20(21-5)24-16(4)9-7-8-15(2)3;/h10-13,15-16H,6-9,14H2,1-5H3,(H,22,25)(H2,21,23,24);1H. The predicted octanol–water partition coefficient (Wildman–Crippen LogP) is 3.93. The molecule has 5 nitrogen and oxygen atoms in total. The Morgan fingerprint density at radius 3 is 2.27 bits per heavy atom. The van der Waals surface area contributed by atoms with Gasteiger partial charge in [0.1, 0.15) is 0 Å². The van der Waals surface area contributed by atoms with Crippen molar-refractivity contribution >= 4 is 35.8 Å². The van der Waals surface area contributed by atoms with Crippen LogP contribution in [0, 0.1) is 5.92 Å². The Kier molecular flexibility index (Phi) is 13.1. The van der Waals surface area contributed by atoms with Crippen LogP contribution >= 0.6 is 24.0 Å². The second-order valence-electron chi connectivity index (χ2n) is 6.85. The Morgan fingerprint density at radius 2 is 1.73 bits per heavy atom. The van der Waals surface area contributed by atoms with E-state index in [4.69, 9.17) is 0 Å². The fraction of sp³-hybridized carbons (Fsp3) is 0.600. The molecule has 1 atom stereocenters. The maximum absolute atomic E-state index is 11.8. The largest absolute Gasteiger partial charge is 0.354 e. The summed E-state index contributed by atoms with van der Waals surface area (Å²) in [4.78, 5) is 16.0. The van der Waals surface area contributed by atoms with E-state index in [1.807, 2.05) is 31.2 Å². The average molecular weight is 474 g/mol. The van der Waals surface area contributed by atoms with Crippen molar-refractivity contribution in [2.45, 2.75) is 59.5 Å². The fourth-order valence-electron chi connectivity index (χ4n) is 2.55. The van der Waals surface area contributed by atoms with Gasteiger partial charge in [-0.2, -0.15) is 0 Å². The van der Waals surface area contributed by atoms with Crippen molar-refractivity contribution in [2.75, 3.05) is 13.6 Å². The van der Waals surface area contributed by atoms with Crippen LogP contribution in [-0.4, -0.2) is 31.5 Å². The summed E-state index contributed by atoms with van der Waals surface area (Å²) in [5, 5.41) is 9.56. The third-order valence-electron chi connectivity index (χ3n) is 4.04. The molecule has 0 aliphatic heterocycles. The molecule has 0 aromatic heterocycles. The molecule has 0 spiro atoms. The number of guanidine groups is 1. The van der Waals surface area contributed by atoms with Gasteiger partial charge in [-0.15, -0.1) is 24.0 Å². The molecule has 3 N–H and O–H groups in total. The number of hydrogen-bond acceptors (Lipinski definition) is 2. The number of rotatable bonds is 9. The molecule has 0 aliphatic carbocycles. The second kappa shape index (κ2) is 13.8. The fourth-order valence-corrected chi connectivity index (χ4v) is 2.55. The highest BCUT2D eigenvalue weighted by molar-refractivity contribution is 14.0. The maximum atomic E-state index is 11.8. The van der Waals surface area contributed by atoms with Gasteiger partial charge in [-0.1, -0.05) is 38.8 Å². The zero-order valence-electron chi connectivity index (χ0n) is 16.8. The first-order chi connectivity index (χ1) is 12.0. The van der Waals surface area contributed by atoms with Crippen LogP contribution < -0.4 is 16.0 Å². The number of amides is 1. The molecule has 0 saturated heterocycles. The lowest BCUT2D eigenvalue weighted by Crippen LogP contribution is -2.41. The second-order valence-corrected chi connectivity index (χ2v) is 6.85. The molecular formula is C20H35IN4O. The quantitative estimate of drug-likeness (QED) is 0.289. The van der Waals surface area contributed by atoms with Crippen molar-refractivity contribution in [3.8, 4) is 0 Å². The number of carbonyl (C=O) groups is 1. The smallest absolute Gasteiger partial charge is 0.251 e. The number of hydrogen-bond donors (Lipinski definition) is 3. The Labute approximate surface area is 175 Å². The molecule has 1 aromatic carbocycles. The van der Waals surface area contributed by atoms with Crippen molar-refractivity contribution in [2.24, 2.45) is 10.9 Å². The van der Waals surface area contributed by atoms with Crippen LogP contribution in [0.15, 0.2) is 29.3 Å². The third-order valence-corrected chi connectivity index (χ3v) is 4.04. The van der Waals surface area contributed by atoms with E-state index in [0.29, 0.717) is 24.7 Å². The molecule has 26 heavy (non-hydrogen) atoms. The van der Waals surface area contributed by atoms with Crippen LogP contribution in [0.1, 0.15) is 62.9 Å². The van der Waals surface area contributed by atoms with E-state index in [2.05, 4.69) is 41.7 Å². The third kappa shape index (κ3) is 9.99. The molecule has 1 amide bonds. The van der Waals surface area contributed by atoms with E-state index >= 15 is 0 Å². The number of halogens is 1. The highest BCUT2D eigenvalue weighted by atomic mass is 127. The number of carbonyl (C=O) groups excluding carboxylic acids is 1. The van der Waals surface area contributed by atoms with E-state index in [1.54, 1.807) is 7.05 Å². The Morgan fingerprint density at radius 1 is 1.08 bits per heavy atom. The molecular weight excluding hydrogens is 439 g/mol. The van der Waals surface area contributed by atoms with Gasteiger partial charge < -0.3 is 16.0 Å². The molecule has 0 heterocycles. The summed E-state index contributed by atoms with van der Waals surface area (Å²) in [5.74, 6) is 1.53. The average Bonchev–Trinajstić information content (AvgIpc) is 2.58. The van der Waals surface area contributed by atoms with Gasteiger partial charge in [-0.25, -0.2) is 0 Å². The number of nitrogens with one attached hydrogen (secondary N) is 3. The van der Waals surface area contributed by atoms with Crippen LogP contribution in [-0.2, 0) is 6.54 Å². The summed E-state index contributed by atoms with van der Waals surface area (Å²) in [6.45, 7) is 9.94. The van der Waals surface area contributed by atoms with Crippen molar-refractivity contribution in [3.63, 3.8) is 0 Å². The molecule has 148 valence electrons. The Bertz CT molecular complexity index is 543.